The Kier molecular flexibility index (Phi) is 7.75. The van der Waals surface area contributed by atoms with E-state index in [1.54, 1.807) is 18.2 Å². The number of hydrogen-bond donors (Lipinski definition) is 2. The van der Waals surface area contributed by atoms with E-state index in [4.69, 9.17) is 5.73 Å². The predicted octanol–water partition coefficient (Wildman–Crippen LogP) is 1.76. The fourth-order valence-corrected chi connectivity index (χ4v) is 3.24. The van der Waals surface area contributed by atoms with Crippen LogP contribution in [0.25, 0.3) is 0 Å². The van der Waals surface area contributed by atoms with Gasteiger partial charge in [0.05, 0.1) is 11.4 Å². The first-order valence-electron chi connectivity index (χ1n) is 7.49. The summed E-state index contributed by atoms with van der Waals surface area (Å²) in [7, 11) is -2.03. The highest BCUT2D eigenvalue weighted by Crippen LogP contribution is 2.16. The van der Waals surface area contributed by atoms with Crippen LogP contribution < -0.4 is 10.5 Å². The molecule has 1 saturated heterocycles. The smallest absolute Gasteiger partial charge is 0.240 e. The first-order chi connectivity index (χ1) is 10.4. The van der Waals surface area contributed by atoms with Crippen molar-refractivity contribution in [3.63, 3.8) is 0 Å². The van der Waals surface area contributed by atoms with Gasteiger partial charge in [-0.05, 0) is 43.5 Å². The molecule has 0 amide bonds. The average molecular weight is 452 g/mol. The largest absolute Gasteiger partial charge is 0.370 e. The van der Waals surface area contributed by atoms with Crippen molar-refractivity contribution in [3.8, 4) is 0 Å². The van der Waals surface area contributed by atoms with Crippen molar-refractivity contribution in [1.82, 2.24) is 9.62 Å². The van der Waals surface area contributed by atoms with Gasteiger partial charge in [0.1, 0.15) is 0 Å². The summed E-state index contributed by atoms with van der Waals surface area (Å²) in [6.45, 7) is 4.50. The number of piperidine rings is 1. The number of benzene rings is 1. The summed E-state index contributed by atoms with van der Waals surface area (Å²) in [5, 5.41) is 0. The summed E-state index contributed by atoms with van der Waals surface area (Å²) in [5.74, 6) is 1.28. The first-order valence-corrected chi connectivity index (χ1v) is 8.98. The van der Waals surface area contributed by atoms with Crippen LogP contribution >= 0.6 is 24.0 Å². The Morgan fingerprint density at radius 2 is 2.04 bits per heavy atom. The SMILES string of the molecule is CNS(=O)(=O)c1cccc(CN=C(N)N2CCC(C)CC2)c1.I. The Bertz CT molecular complexity index is 641. The van der Waals surface area contributed by atoms with Crippen molar-refractivity contribution in [2.45, 2.75) is 31.2 Å². The second-order valence-electron chi connectivity index (χ2n) is 5.70. The maximum Gasteiger partial charge on any atom is 0.240 e. The molecule has 0 unspecified atom stereocenters. The molecule has 6 nitrogen and oxygen atoms in total. The van der Waals surface area contributed by atoms with E-state index in [0.717, 1.165) is 37.4 Å². The Labute approximate surface area is 155 Å². The van der Waals surface area contributed by atoms with E-state index in [1.165, 1.54) is 7.05 Å². The van der Waals surface area contributed by atoms with Crippen LogP contribution in [0.2, 0.25) is 0 Å². The molecule has 0 bridgehead atoms. The number of nitrogens with zero attached hydrogens (tertiary/aromatic N) is 2. The lowest BCUT2D eigenvalue weighted by atomic mass is 10.00. The molecular formula is C15H25IN4O2S. The van der Waals surface area contributed by atoms with Gasteiger partial charge in [0.15, 0.2) is 5.96 Å². The van der Waals surface area contributed by atoms with Gasteiger partial charge in [0.2, 0.25) is 10.0 Å². The summed E-state index contributed by atoms with van der Waals surface area (Å²) < 4.78 is 25.9. The molecule has 0 aliphatic carbocycles. The first kappa shape index (κ1) is 20.2. The van der Waals surface area contributed by atoms with Crippen LogP contribution in [0.5, 0.6) is 0 Å². The van der Waals surface area contributed by atoms with E-state index < -0.39 is 10.0 Å². The molecule has 0 saturated carbocycles. The molecule has 1 aliphatic heterocycles. The van der Waals surface area contributed by atoms with Crippen molar-refractivity contribution in [3.05, 3.63) is 29.8 Å². The maximum atomic E-state index is 11.8. The zero-order valence-electron chi connectivity index (χ0n) is 13.5. The van der Waals surface area contributed by atoms with Gasteiger partial charge in [0, 0.05) is 13.1 Å². The van der Waals surface area contributed by atoms with Crippen LogP contribution in [-0.2, 0) is 16.6 Å². The zero-order valence-corrected chi connectivity index (χ0v) is 16.7. The molecule has 1 aromatic carbocycles. The van der Waals surface area contributed by atoms with Gasteiger partial charge in [-0.3, -0.25) is 0 Å². The minimum absolute atomic E-state index is 0. The molecule has 3 N–H and O–H groups in total. The lowest BCUT2D eigenvalue weighted by Gasteiger charge is -2.31. The number of hydrogen-bond acceptors (Lipinski definition) is 3. The van der Waals surface area contributed by atoms with Crippen molar-refractivity contribution >= 4 is 40.0 Å². The van der Waals surface area contributed by atoms with Gasteiger partial charge < -0.3 is 10.6 Å². The molecule has 23 heavy (non-hydrogen) atoms. The molecule has 1 aromatic rings. The van der Waals surface area contributed by atoms with E-state index in [9.17, 15) is 8.42 Å². The highest BCUT2D eigenvalue weighted by molar-refractivity contribution is 14.0. The number of rotatable bonds is 4. The van der Waals surface area contributed by atoms with E-state index >= 15 is 0 Å². The van der Waals surface area contributed by atoms with Gasteiger partial charge in [-0.25, -0.2) is 18.1 Å². The van der Waals surface area contributed by atoms with E-state index in [0.29, 0.717) is 12.5 Å². The standard InChI is InChI=1S/C15H24N4O2S.HI/c1-12-6-8-19(9-7-12)15(16)18-11-13-4-3-5-14(10-13)22(20,21)17-2;/h3-5,10,12,17H,6-9,11H2,1-2H3,(H2,16,18);1H. The van der Waals surface area contributed by atoms with Crippen LogP contribution in [0.15, 0.2) is 34.2 Å². The molecule has 0 spiro atoms. The fourth-order valence-electron chi connectivity index (χ4n) is 2.44. The molecule has 8 heteroatoms. The highest BCUT2D eigenvalue weighted by atomic mass is 127. The minimum atomic E-state index is -3.43. The molecule has 130 valence electrons. The lowest BCUT2D eigenvalue weighted by Crippen LogP contribution is -2.42. The average Bonchev–Trinajstić information content (AvgIpc) is 2.53. The summed E-state index contributed by atoms with van der Waals surface area (Å²) in [5.41, 5.74) is 6.86. The molecule has 2 rings (SSSR count). The predicted molar refractivity (Wildman–Crippen MR) is 103 cm³/mol. The third-order valence-corrected chi connectivity index (χ3v) is 5.42. The Hall–Kier alpha value is -0.870. The van der Waals surface area contributed by atoms with Crippen molar-refractivity contribution in [1.29, 1.82) is 0 Å². The quantitative estimate of drug-likeness (QED) is 0.414. The molecule has 0 aromatic heterocycles. The van der Waals surface area contributed by atoms with E-state index in [-0.39, 0.29) is 28.9 Å². The van der Waals surface area contributed by atoms with Crippen molar-refractivity contribution < 1.29 is 8.42 Å². The lowest BCUT2D eigenvalue weighted by molar-refractivity contribution is 0.277. The van der Waals surface area contributed by atoms with Crippen molar-refractivity contribution in [2.24, 2.45) is 16.6 Å². The highest BCUT2D eigenvalue weighted by Gasteiger charge is 2.17. The van der Waals surface area contributed by atoms with Crippen LogP contribution in [0.3, 0.4) is 0 Å². The normalized spacial score (nSPS) is 17.0. The number of halogens is 1. The third kappa shape index (κ3) is 5.61. The van der Waals surface area contributed by atoms with Crippen LogP contribution in [0, 0.1) is 5.92 Å². The van der Waals surface area contributed by atoms with E-state index in [1.807, 2.05) is 6.07 Å². The topological polar surface area (TPSA) is 87.8 Å². The second-order valence-corrected chi connectivity index (χ2v) is 7.59. The maximum absolute atomic E-state index is 11.8. The third-order valence-electron chi connectivity index (χ3n) is 4.01. The number of nitrogens with two attached hydrogens (primary N) is 1. The van der Waals surface area contributed by atoms with Gasteiger partial charge in [0.25, 0.3) is 0 Å². The molecule has 1 fully saturated rings. The number of aliphatic imine (C=N–C) groups is 1. The number of guanidine groups is 1. The van der Waals surface area contributed by atoms with Gasteiger partial charge in [-0.2, -0.15) is 0 Å². The number of sulfonamides is 1. The summed E-state index contributed by atoms with van der Waals surface area (Å²) in [4.78, 5) is 6.73. The Morgan fingerprint density at radius 1 is 1.39 bits per heavy atom. The molecule has 0 radical (unpaired) electrons. The van der Waals surface area contributed by atoms with Gasteiger partial charge >= 0.3 is 0 Å². The van der Waals surface area contributed by atoms with Gasteiger partial charge in [-0.1, -0.05) is 19.1 Å². The molecular weight excluding hydrogens is 427 g/mol. The van der Waals surface area contributed by atoms with Gasteiger partial charge in [-0.15, -0.1) is 24.0 Å². The summed E-state index contributed by atoms with van der Waals surface area (Å²) in [6.07, 6.45) is 2.26. The number of likely N-dealkylation sites (tertiary alicyclic amines) is 1. The summed E-state index contributed by atoms with van der Waals surface area (Å²) >= 11 is 0. The Morgan fingerprint density at radius 3 is 2.65 bits per heavy atom. The van der Waals surface area contributed by atoms with Crippen LogP contribution in [-0.4, -0.2) is 39.4 Å². The Balaban J connectivity index is 0.00000264. The monoisotopic (exact) mass is 452 g/mol. The minimum Gasteiger partial charge on any atom is -0.370 e. The van der Waals surface area contributed by atoms with Crippen molar-refractivity contribution in [2.75, 3.05) is 20.1 Å². The zero-order chi connectivity index (χ0) is 16.2. The number of nitrogens with one attached hydrogen (secondary N) is 1. The van der Waals surface area contributed by atoms with E-state index in [2.05, 4.69) is 21.5 Å². The van der Waals surface area contributed by atoms with Crippen LogP contribution in [0.4, 0.5) is 0 Å². The fraction of sp³-hybridized carbons (Fsp3) is 0.533. The summed E-state index contributed by atoms with van der Waals surface area (Å²) in [6, 6.07) is 6.76. The molecule has 1 heterocycles. The van der Waals surface area contributed by atoms with Crippen LogP contribution in [0.1, 0.15) is 25.3 Å². The second kappa shape index (κ2) is 8.84. The molecule has 0 atom stereocenters. The molecule has 1 aliphatic rings.